The van der Waals surface area contributed by atoms with Crippen molar-refractivity contribution in [2.45, 2.75) is 38.8 Å². The lowest BCUT2D eigenvalue weighted by Crippen LogP contribution is -2.30. The zero-order valence-electron chi connectivity index (χ0n) is 12.7. The third-order valence-electron chi connectivity index (χ3n) is 4.14. The Morgan fingerprint density at radius 3 is 2.91 bits per heavy atom. The Kier molecular flexibility index (Phi) is 4.09. The van der Waals surface area contributed by atoms with E-state index in [9.17, 15) is 9.90 Å². The summed E-state index contributed by atoms with van der Waals surface area (Å²) >= 11 is 0. The van der Waals surface area contributed by atoms with Gasteiger partial charge in [0.05, 0.1) is 11.6 Å². The molecule has 0 spiro atoms. The van der Waals surface area contributed by atoms with Crippen LogP contribution in [0.1, 0.15) is 30.4 Å². The Morgan fingerprint density at radius 2 is 2.14 bits per heavy atom. The van der Waals surface area contributed by atoms with Crippen LogP contribution < -0.4 is 5.32 Å². The second-order valence-electron chi connectivity index (χ2n) is 5.81. The number of allylic oxidation sites excluding steroid dienone is 1. The van der Waals surface area contributed by atoms with Crippen molar-refractivity contribution >= 4 is 12.1 Å². The Bertz CT molecular complexity index is 669. The number of nitrogens with one attached hydrogen (secondary N) is 1. The molecule has 0 saturated carbocycles. The molecule has 0 radical (unpaired) electrons. The first-order chi connectivity index (χ1) is 10.6. The van der Waals surface area contributed by atoms with E-state index in [-0.39, 0.29) is 23.3 Å². The molecule has 1 aromatic rings. The van der Waals surface area contributed by atoms with Gasteiger partial charge in [0.15, 0.2) is 0 Å². The highest BCUT2D eigenvalue weighted by molar-refractivity contribution is 6.13. The zero-order chi connectivity index (χ0) is 15.5. The first-order valence-electron chi connectivity index (χ1n) is 7.66. The summed E-state index contributed by atoms with van der Waals surface area (Å²) in [5.41, 5.74) is 3.28. The number of aliphatic hydroxyl groups excluding tert-OH is 1. The number of carbonyl (C=O) groups excluding carboxylic acids is 1. The summed E-state index contributed by atoms with van der Waals surface area (Å²) in [6, 6.07) is 8.01. The highest BCUT2D eigenvalue weighted by Gasteiger charge is 2.27. The number of fused-ring (bicyclic) bond motifs is 1. The second kappa shape index (κ2) is 6.18. The van der Waals surface area contributed by atoms with E-state index in [0.29, 0.717) is 6.54 Å². The molecule has 3 rings (SSSR count). The van der Waals surface area contributed by atoms with Gasteiger partial charge in [0.25, 0.3) is 5.91 Å². The first-order valence-corrected chi connectivity index (χ1v) is 7.66. The molecule has 1 heterocycles. The maximum atomic E-state index is 12.3. The lowest BCUT2D eigenvalue weighted by Gasteiger charge is -2.24. The molecule has 0 bridgehead atoms. The van der Waals surface area contributed by atoms with Crippen LogP contribution in [-0.2, 0) is 11.3 Å². The molecule has 1 aliphatic carbocycles. The van der Waals surface area contributed by atoms with Gasteiger partial charge in [-0.05, 0) is 31.7 Å². The minimum absolute atomic E-state index is 0.0161. The molecule has 1 atom stereocenters. The number of rotatable bonds is 3. The molecule has 0 fully saturated rings. The Morgan fingerprint density at radius 1 is 1.36 bits per heavy atom. The van der Waals surface area contributed by atoms with Gasteiger partial charge in [-0.3, -0.25) is 9.79 Å². The standard InChI is InChI=1S/C18H20N2O2/c1-12-6-8-13(9-7-12)10-20-18(22)15-11-19-16-5-3-2-4-14(16)17(15)21/h4,6-9,11,16,21H,2-3,5,10H2,1H3,(H,20,22). The number of hydrogen-bond donors (Lipinski definition) is 2. The minimum Gasteiger partial charge on any atom is -0.507 e. The molecule has 4 nitrogen and oxygen atoms in total. The SMILES string of the molecule is Cc1ccc(CNC(=O)C2=C(O)C3=CCCCC3N=C2)cc1. The van der Waals surface area contributed by atoms with Crippen LogP contribution in [0.4, 0.5) is 0 Å². The summed E-state index contributed by atoms with van der Waals surface area (Å²) in [4.78, 5) is 16.7. The molecule has 0 aromatic heterocycles. The average Bonchev–Trinajstić information content (AvgIpc) is 2.55. The predicted octanol–water partition coefficient (Wildman–Crippen LogP) is 2.99. The van der Waals surface area contributed by atoms with Crippen LogP contribution in [0.2, 0.25) is 0 Å². The lowest BCUT2D eigenvalue weighted by atomic mass is 9.89. The summed E-state index contributed by atoms with van der Waals surface area (Å²) in [6.07, 6.45) is 6.45. The summed E-state index contributed by atoms with van der Waals surface area (Å²) < 4.78 is 0. The summed E-state index contributed by atoms with van der Waals surface area (Å²) in [5, 5.41) is 13.2. The molecule has 1 aromatic carbocycles. The van der Waals surface area contributed by atoms with Gasteiger partial charge in [0, 0.05) is 18.3 Å². The fraction of sp³-hybridized carbons (Fsp3) is 0.333. The van der Waals surface area contributed by atoms with Crippen molar-refractivity contribution in [3.63, 3.8) is 0 Å². The summed E-state index contributed by atoms with van der Waals surface area (Å²) in [5.74, 6) is -0.201. The molecular formula is C18H20N2O2. The van der Waals surface area contributed by atoms with Crippen molar-refractivity contribution in [1.82, 2.24) is 5.32 Å². The van der Waals surface area contributed by atoms with Crippen molar-refractivity contribution < 1.29 is 9.90 Å². The van der Waals surface area contributed by atoms with Gasteiger partial charge in [0.1, 0.15) is 5.76 Å². The molecule has 1 amide bonds. The Hall–Kier alpha value is -2.36. The van der Waals surface area contributed by atoms with Gasteiger partial charge in [-0.15, -0.1) is 0 Å². The van der Waals surface area contributed by atoms with Gasteiger partial charge in [-0.2, -0.15) is 0 Å². The van der Waals surface area contributed by atoms with Crippen LogP contribution in [0.3, 0.4) is 0 Å². The molecule has 4 heteroatoms. The van der Waals surface area contributed by atoms with E-state index < -0.39 is 0 Å². The van der Waals surface area contributed by atoms with E-state index in [1.165, 1.54) is 11.8 Å². The van der Waals surface area contributed by atoms with Crippen LogP contribution >= 0.6 is 0 Å². The number of benzene rings is 1. The van der Waals surface area contributed by atoms with Gasteiger partial charge in [-0.1, -0.05) is 35.9 Å². The predicted molar refractivity (Wildman–Crippen MR) is 86.9 cm³/mol. The van der Waals surface area contributed by atoms with Crippen LogP contribution in [0.5, 0.6) is 0 Å². The maximum absolute atomic E-state index is 12.3. The number of carbonyl (C=O) groups is 1. The minimum atomic E-state index is -0.285. The maximum Gasteiger partial charge on any atom is 0.256 e. The number of amides is 1. The van der Waals surface area contributed by atoms with Crippen LogP contribution in [0.15, 0.2) is 52.2 Å². The molecule has 22 heavy (non-hydrogen) atoms. The number of dihydropyridines is 1. The number of nitrogens with zero attached hydrogens (tertiary/aromatic N) is 1. The summed E-state index contributed by atoms with van der Waals surface area (Å²) in [7, 11) is 0. The highest BCUT2D eigenvalue weighted by atomic mass is 16.3. The molecule has 114 valence electrons. The van der Waals surface area contributed by atoms with E-state index in [4.69, 9.17) is 0 Å². The monoisotopic (exact) mass is 296 g/mol. The zero-order valence-corrected chi connectivity index (χ0v) is 12.7. The molecular weight excluding hydrogens is 276 g/mol. The van der Waals surface area contributed by atoms with E-state index in [2.05, 4.69) is 10.3 Å². The quantitative estimate of drug-likeness (QED) is 0.900. The Labute approximate surface area is 130 Å². The highest BCUT2D eigenvalue weighted by Crippen LogP contribution is 2.30. The molecule has 1 aliphatic heterocycles. The number of hydrogen-bond acceptors (Lipinski definition) is 3. The fourth-order valence-electron chi connectivity index (χ4n) is 2.80. The van der Waals surface area contributed by atoms with Crippen LogP contribution in [-0.4, -0.2) is 23.3 Å². The van der Waals surface area contributed by atoms with Gasteiger partial charge in [-0.25, -0.2) is 0 Å². The third-order valence-corrected chi connectivity index (χ3v) is 4.14. The topological polar surface area (TPSA) is 61.7 Å². The number of aliphatic hydroxyl groups is 1. The Balaban J connectivity index is 1.70. The number of aliphatic imine (C=N–C) groups is 1. The normalized spacial score (nSPS) is 20.4. The van der Waals surface area contributed by atoms with E-state index >= 15 is 0 Å². The lowest BCUT2D eigenvalue weighted by molar-refractivity contribution is -0.117. The van der Waals surface area contributed by atoms with Crippen molar-refractivity contribution in [2.75, 3.05) is 0 Å². The van der Waals surface area contributed by atoms with Gasteiger partial charge >= 0.3 is 0 Å². The van der Waals surface area contributed by atoms with Crippen molar-refractivity contribution in [1.29, 1.82) is 0 Å². The van der Waals surface area contributed by atoms with E-state index in [1.807, 2.05) is 37.3 Å². The molecule has 1 unspecified atom stereocenters. The smallest absolute Gasteiger partial charge is 0.256 e. The fourth-order valence-corrected chi connectivity index (χ4v) is 2.80. The summed E-state index contributed by atoms with van der Waals surface area (Å²) in [6.45, 7) is 2.46. The molecule has 0 saturated heterocycles. The second-order valence-corrected chi connectivity index (χ2v) is 5.81. The third kappa shape index (κ3) is 2.96. The van der Waals surface area contributed by atoms with Crippen LogP contribution in [0, 0.1) is 6.92 Å². The average molecular weight is 296 g/mol. The van der Waals surface area contributed by atoms with Crippen molar-refractivity contribution in [2.24, 2.45) is 4.99 Å². The van der Waals surface area contributed by atoms with Crippen LogP contribution in [0.25, 0.3) is 0 Å². The van der Waals surface area contributed by atoms with Gasteiger partial charge < -0.3 is 10.4 Å². The van der Waals surface area contributed by atoms with Crippen molar-refractivity contribution in [3.05, 3.63) is 58.4 Å². The van der Waals surface area contributed by atoms with Crippen molar-refractivity contribution in [3.8, 4) is 0 Å². The van der Waals surface area contributed by atoms with E-state index in [0.717, 1.165) is 30.4 Å². The molecule has 2 aliphatic rings. The largest absolute Gasteiger partial charge is 0.507 e. The molecule has 2 N–H and O–H groups in total. The van der Waals surface area contributed by atoms with Gasteiger partial charge in [0.2, 0.25) is 0 Å². The number of aryl methyl sites for hydroxylation is 1. The van der Waals surface area contributed by atoms with E-state index in [1.54, 1.807) is 0 Å². The first kappa shape index (κ1) is 14.6.